The Kier molecular flexibility index (Phi) is 5.36. The molecule has 0 N–H and O–H groups in total. The highest BCUT2D eigenvalue weighted by atomic mass is 79.9. The molecule has 1 aromatic heterocycles. The minimum atomic E-state index is -0.449. The van der Waals surface area contributed by atoms with E-state index < -0.39 is 4.92 Å². The zero-order valence-electron chi connectivity index (χ0n) is 14.8. The number of carbonyl (C=O) groups excluding carboxylic acids is 1. The van der Waals surface area contributed by atoms with E-state index in [-0.39, 0.29) is 11.6 Å². The molecule has 144 valence electrons. The molecule has 1 fully saturated rings. The van der Waals surface area contributed by atoms with Gasteiger partial charge in [-0.25, -0.2) is 0 Å². The summed E-state index contributed by atoms with van der Waals surface area (Å²) in [6.07, 6.45) is 5.16. The topological polar surface area (TPSA) is 89.0 Å². The number of hydrogen-bond acceptors (Lipinski definition) is 6. The van der Waals surface area contributed by atoms with E-state index in [2.05, 4.69) is 25.8 Å². The average molecular weight is 462 g/mol. The van der Waals surface area contributed by atoms with Gasteiger partial charge in [-0.2, -0.15) is 4.99 Å². The monoisotopic (exact) mass is 461 g/mol. The average Bonchev–Trinajstić information content (AvgIpc) is 3.30. The van der Waals surface area contributed by atoms with Crippen LogP contribution in [0.25, 0.3) is 17.4 Å². The van der Waals surface area contributed by atoms with Crippen molar-refractivity contribution in [1.29, 1.82) is 0 Å². The number of amidine groups is 1. The van der Waals surface area contributed by atoms with Gasteiger partial charge in [0.1, 0.15) is 11.5 Å². The Morgan fingerprint density at radius 3 is 2.71 bits per heavy atom. The summed E-state index contributed by atoms with van der Waals surface area (Å²) in [4.78, 5) is 29.5. The fourth-order valence-electron chi connectivity index (χ4n) is 3.14. The Morgan fingerprint density at radius 1 is 1.21 bits per heavy atom. The zero-order chi connectivity index (χ0) is 19.7. The highest BCUT2D eigenvalue weighted by Crippen LogP contribution is 2.35. The van der Waals surface area contributed by atoms with Crippen molar-refractivity contribution in [3.05, 3.63) is 55.6 Å². The first-order chi connectivity index (χ1) is 13.5. The third-order valence-electron chi connectivity index (χ3n) is 4.56. The summed E-state index contributed by atoms with van der Waals surface area (Å²) in [7, 11) is 0. The van der Waals surface area contributed by atoms with Crippen molar-refractivity contribution in [1.82, 2.24) is 4.90 Å². The summed E-state index contributed by atoms with van der Waals surface area (Å²) in [6, 6.07) is 8.03. The van der Waals surface area contributed by atoms with Crippen molar-refractivity contribution in [2.24, 2.45) is 4.99 Å². The number of halogens is 1. The van der Waals surface area contributed by atoms with Crippen LogP contribution in [-0.2, 0) is 4.79 Å². The molecular formula is C19H16BrN3O4S. The SMILES string of the molecule is O=C1N=C(N2CCCCC2)S/C1=C\c1ccc(-c2ccc([N+](=O)[O-])cc2Br)o1. The summed E-state index contributed by atoms with van der Waals surface area (Å²) in [5, 5.41) is 11.6. The maximum atomic E-state index is 12.2. The molecule has 4 rings (SSSR count). The number of carbonyl (C=O) groups is 1. The minimum absolute atomic E-state index is 0.000124. The van der Waals surface area contributed by atoms with Gasteiger partial charge in [-0.1, -0.05) is 0 Å². The molecule has 2 aliphatic rings. The zero-order valence-corrected chi connectivity index (χ0v) is 17.2. The maximum absolute atomic E-state index is 12.2. The molecule has 1 amide bonds. The van der Waals surface area contributed by atoms with Crippen molar-refractivity contribution >= 4 is 50.5 Å². The fourth-order valence-corrected chi connectivity index (χ4v) is 4.65. The molecule has 2 aromatic rings. The first kappa shape index (κ1) is 18.9. The molecule has 1 saturated heterocycles. The number of benzene rings is 1. The van der Waals surface area contributed by atoms with Crippen LogP contribution in [-0.4, -0.2) is 34.0 Å². The van der Waals surface area contributed by atoms with Crippen molar-refractivity contribution < 1.29 is 14.1 Å². The lowest BCUT2D eigenvalue weighted by Gasteiger charge is -2.27. The van der Waals surface area contributed by atoms with E-state index in [1.54, 1.807) is 24.3 Å². The van der Waals surface area contributed by atoms with Crippen molar-refractivity contribution in [2.45, 2.75) is 19.3 Å². The minimum Gasteiger partial charge on any atom is -0.457 e. The number of nitrogens with zero attached hydrogens (tertiary/aromatic N) is 3. The van der Waals surface area contributed by atoms with Gasteiger partial charge in [0.2, 0.25) is 0 Å². The molecule has 9 heteroatoms. The van der Waals surface area contributed by atoms with Crippen molar-refractivity contribution in [3.8, 4) is 11.3 Å². The van der Waals surface area contributed by atoms with Gasteiger partial charge in [-0.15, -0.1) is 0 Å². The molecule has 0 bridgehead atoms. The standard InChI is InChI=1S/C19H16BrN3O4S/c20-15-10-12(23(25)26)4-6-14(15)16-7-5-13(27-16)11-17-18(24)21-19(28-17)22-8-2-1-3-9-22/h4-7,10-11H,1-3,8-9H2/b17-11-. The number of nitro benzene ring substituents is 1. The van der Waals surface area contributed by atoms with E-state index in [4.69, 9.17) is 4.42 Å². The number of likely N-dealkylation sites (tertiary alicyclic amines) is 1. The Hall–Kier alpha value is -2.39. The lowest BCUT2D eigenvalue weighted by molar-refractivity contribution is -0.384. The predicted octanol–water partition coefficient (Wildman–Crippen LogP) is 5.07. The first-order valence-corrected chi connectivity index (χ1v) is 10.4. The second-order valence-corrected chi connectivity index (χ2v) is 8.34. The molecule has 3 heterocycles. The number of aliphatic imine (C=N–C) groups is 1. The molecular weight excluding hydrogens is 446 g/mol. The van der Waals surface area contributed by atoms with Crippen LogP contribution in [0.1, 0.15) is 25.0 Å². The van der Waals surface area contributed by atoms with E-state index in [0.29, 0.717) is 26.5 Å². The van der Waals surface area contributed by atoms with Crippen LogP contribution in [0.3, 0.4) is 0 Å². The molecule has 1 aromatic carbocycles. The summed E-state index contributed by atoms with van der Waals surface area (Å²) in [6.45, 7) is 1.87. The van der Waals surface area contributed by atoms with Crippen molar-refractivity contribution in [3.63, 3.8) is 0 Å². The summed E-state index contributed by atoms with van der Waals surface area (Å²) < 4.78 is 6.40. The Balaban J connectivity index is 1.52. The van der Waals surface area contributed by atoms with Crippen LogP contribution in [0, 0.1) is 10.1 Å². The van der Waals surface area contributed by atoms with Crippen molar-refractivity contribution in [2.75, 3.05) is 13.1 Å². The predicted molar refractivity (Wildman–Crippen MR) is 112 cm³/mol. The molecule has 7 nitrogen and oxygen atoms in total. The number of thioether (sulfide) groups is 1. The molecule has 28 heavy (non-hydrogen) atoms. The molecule has 0 spiro atoms. The van der Waals surface area contributed by atoms with Gasteiger partial charge >= 0.3 is 0 Å². The lowest BCUT2D eigenvalue weighted by Crippen LogP contribution is -2.33. The Morgan fingerprint density at radius 2 is 2.00 bits per heavy atom. The molecule has 0 unspecified atom stereocenters. The van der Waals surface area contributed by atoms with Gasteiger partial charge < -0.3 is 9.32 Å². The van der Waals surface area contributed by atoms with Gasteiger partial charge in [0.05, 0.1) is 9.83 Å². The summed E-state index contributed by atoms with van der Waals surface area (Å²) >= 11 is 4.73. The van der Waals surface area contributed by atoms with Crippen LogP contribution in [0.4, 0.5) is 5.69 Å². The van der Waals surface area contributed by atoms with Gasteiger partial charge in [0.15, 0.2) is 5.17 Å². The van der Waals surface area contributed by atoms with Crippen LogP contribution in [0.15, 0.2) is 49.1 Å². The van der Waals surface area contributed by atoms with Crippen LogP contribution in [0.5, 0.6) is 0 Å². The second kappa shape index (κ2) is 7.92. The van der Waals surface area contributed by atoms with E-state index >= 15 is 0 Å². The summed E-state index contributed by atoms with van der Waals surface area (Å²) in [5.74, 6) is 0.840. The van der Waals surface area contributed by atoms with E-state index in [9.17, 15) is 14.9 Å². The lowest BCUT2D eigenvalue weighted by atomic mass is 10.1. The Bertz CT molecular complexity index is 1010. The van der Waals surface area contributed by atoms with E-state index in [0.717, 1.165) is 31.1 Å². The van der Waals surface area contributed by atoms with E-state index in [1.165, 1.54) is 30.3 Å². The second-order valence-electron chi connectivity index (χ2n) is 6.48. The number of piperidine rings is 1. The molecule has 2 aliphatic heterocycles. The number of furan rings is 1. The number of non-ortho nitro benzene ring substituents is 1. The maximum Gasteiger partial charge on any atom is 0.286 e. The third-order valence-corrected chi connectivity index (χ3v) is 6.27. The van der Waals surface area contributed by atoms with Crippen LogP contribution in [0.2, 0.25) is 0 Å². The highest BCUT2D eigenvalue weighted by molar-refractivity contribution is 9.10. The van der Waals surface area contributed by atoms with Crippen LogP contribution < -0.4 is 0 Å². The Labute approximate surface area is 173 Å². The molecule has 0 radical (unpaired) electrons. The number of nitro groups is 1. The normalized spacial score (nSPS) is 18.6. The molecule has 0 saturated carbocycles. The molecule has 0 aliphatic carbocycles. The fraction of sp³-hybridized carbons (Fsp3) is 0.263. The van der Waals surface area contributed by atoms with Gasteiger partial charge in [0, 0.05) is 41.3 Å². The van der Waals surface area contributed by atoms with E-state index in [1.807, 2.05) is 0 Å². The molecule has 0 atom stereocenters. The number of rotatable bonds is 3. The third kappa shape index (κ3) is 3.90. The number of amides is 1. The highest BCUT2D eigenvalue weighted by Gasteiger charge is 2.27. The largest absolute Gasteiger partial charge is 0.457 e. The number of hydrogen-bond donors (Lipinski definition) is 0. The van der Waals surface area contributed by atoms with Crippen LogP contribution >= 0.6 is 27.7 Å². The summed E-state index contributed by atoms with van der Waals surface area (Å²) in [5.41, 5.74) is 0.700. The first-order valence-electron chi connectivity index (χ1n) is 8.83. The smallest absolute Gasteiger partial charge is 0.286 e. The van der Waals surface area contributed by atoms with Gasteiger partial charge in [0.25, 0.3) is 11.6 Å². The van der Waals surface area contributed by atoms with Gasteiger partial charge in [-0.05, 0) is 65.2 Å². The quantitative estimate of drug-likeness (QED) is 0.359. The van der Waals surface area contributed by atoms with Gasteiger partial charge in [-0.3, -0.25) is 14.9 Å².